The molecule has 136 valence electrons. The van der Waals surface area contributed by atoms with Crippen molar-refractivity contribution in [3.05, 3.63) is 29.8 Å². The van der Waals surface area contributed by atoms with Crippen LogP contribution >= 0.6 is 0 Å². The summed E-state index contributed by atoms with van der Waals surface area (Å²) in [4.78, 5) is 39.9. The lowest BCUT2D eigenvalue weighted by molar-refractivity contribution is -0.129. The fourth-order valence-electron chi connectivity index (χ4n) is 3.04. The van der Waals surface area contributed by atoms with E-state index in [0.29, 0.717) is 17.7 Å². The molecule has 1 aliphatic heterocycles. The number of nitrogens with one attached hydrogen (secondary N) is 2. The normalized spacial score (nSPS) is 18.7. The van der Waals surface area contributed by atoms with Gasteiger partial charge in [0.05, 0.1) is 11.3 Å². The Balaban J connectivity index is 2.47. The number of anilines is 1. The zero-order valence-corrected chi connectivity index (χ0v) is 15.5. The Labute approximate surface area is 149 Å². The molecule has 0 saturated heterocycles. The highest BCUT2D eigenvalue weighted by molar-refractivity contribution is 6.10. The van der Waals surface area contributed by atoms with Crippen molar-refractivity contribution in [1.82, 2.24) is 10.2 Å². The van der Waals surface area contributed by atoms with Gasteiger partial charge in [0.2, 0.25) is 11.8 Å². The monoisotopic (exact) mass is 345 g/mol. The Morgan fingerprint density at radius 1 is 1.20 bits per heavy atom. The second-order valence-corrected chi connectivity index (χ2v) is 7.23. The quantitative estimate of drug-likeness (QED) is 0.860. The molecule has 6 nitrogen and oxygen atoms in total. The van der Waals surface area contributed by atoms with Crippen LogP contribution in [-0.2, 0) is 9.59 Å². The van der Waals surface area contributed by atoms with Crippen LogP contribution in [-0.4, -0.2) is 40.7 Å². The molecular formula is C19H27N3O3. The van der Waals surface area contributed by atoms with E-state index in [1.165, 1.54) is 4.90 Å². The maximum Gasteiger partial charge on any atom is 0.257 e. The molecule has 1 aromatic carbocycles. The van der Waals surface area contributed by atoms with Crippen molar-refractivity contribution in [3.63, 3.8) is 0 Å². The third-order valence-electron chi connectivity index (χ3n) is 4.21. The highest BCUT2D eigenvalue weighted by Gasteiger charge is 2.40. The molecule has 2 atom stereocenters. The zero-order chi connectivity index (χ0) is 18.7. The van der Waals surface area contributed by atoms with Gasteiger partial charge in [-0.15, -0.1) is 0 Å². The van der Waals surface area contributed by atoms with Crippen molar-refractivity contribution in [3.8, 4) is 0 Å². The van der Waals surface area contributed by atoms with E-state index in [1.54, 1.807) is 31.2 Å². The molecule has 0 fully saturated rings. The van der Waals surface area contributed by atoms with E-state index in [9.17, 15) is 14.4 Å². The minimum absolute atomic E-state index is 0.0411. The molecule has 1 heterocycles. The van der Waals surface area contributed by atoms with Gasteiger partial charge in [-0.25, -0.2) is 0 Å². The number of rotatable bonds is 5. The number of amides is 3. The zero-order valence-electron chi connectivity index (χ0n) is 15.5. The minimum atomic E-state index is -0.735. The molecule has 0 aliphatic carbocycles. The van der Waals surface area contributed by atoms with Crippen molar-refractivity contribution < 1.29 is 14.4 Å². The predicted octanol–water partition coefficient (Wildman–Crippen LogP) is 2.41. The van der Waals surface area contributed by atoms with Crippen molar-refractivity contribution >= 4 is 23.4 Å². The molecule has 25 heavy (non-hydrogen) atoms. The molecule has 2 rings (SSSR count). The molecular weight excluding hydrogens is 318 g/mol. The van der Waals surface area contributed by atoms with Gasteiger partial charge in [0.25, 0.3) is 5.91 Å². The van der Waals surface area contributed by atoms with Gasteiger partial charge in [-0.2, -0.15) is 0 Å². The number of carbonyl (C=O) groups is 3. The predicted molar refractivity (Wildman–Crippen MR) is 97.2 cm³/mol. The molecule has 0 bridgehead atoms. The van der Waals surface area contributed by atoms with Gasteiger partial charge in [0, 0.05) is 6.04 Å². The van der Waals surface area contributed by atoms with Gasteiger partial charge in [-0.3, -0.25) is 14.4 Å². The van der Waals surface area contributed by atoms with Gasteiger partial charge < -0.3 is 15.5 Å². The summed E-state index contributed by atoms with van der Waals surface area (Å²) in [5.74, 6) is -0.615. The molecule has 1 aliphatic rings. The molecule has 3 amide bonds. The highest BCUT2D eigenvalue weighted by Crippen LogP contribution is 2.26. The maximum absolute atomic E-state index is 13.2. The molecule has 0 aromatic heterocycles. The second kappa shape index (κ2) is 7.68. The van der Waals surface area contributed by atoms with Gasteiger partial charge in [0.15, 0.2) is 0 Å². The first kappa shape index (κ1) is 19.0. The lowest BCUT2D eigenvalue weighted by Crippen LogP contribution is -2.56. The van der Waals surface area contributed by atoms with Gasteiger partial charge in [-0.1, -0.05) is 26.0 Å². The van der Waals surface area contributed by atoms with E-state index in [1.807, 2.05) is 27.7 Å². The van der Waals surface area contributed by atoms with Crippen molar-refractivity contribution in [2.24, 2.45) is 5.92 Å². The van der Waals surface area contributed by atoms with Crippen LogP contribution in [0.1, 0.15) is 51.4 Å². The first-order valence-electron chi connectivity index (χ1n) is 8.75. The number of para-hydroxylation sites is 1. The van der Waals surface area contributed by atoms with Crippen LogP contribution in [0.3, 0.4) is 0 Å². The highest BCUT2D eigenvalue weighted by atomic mass is 16.2. The first-order valence-corrected chi connectivity index (χ1v) is 8.75. The second-order valence-electron chi connectivity index (χ2n) is 7.23. The van der Waals surface area contributed by atoms with Crippen molar-refractivity contribution in [2.45, 2.75) is 59.2 Å². The number of nitrogens with zero attached hydrogens (tertiary/aromatic N) is 1. The number of carbonyl (C=O) groups excluding carboxylic acids is 3. The standard InChI is InChI=1S/C19H27N3O3/c1-11(2)10-16(18(24)20-12(3)4)22-13(5)17(23)21-15-9-7-6-8-14(15)19(22)25/h6-9,11-13,16H,10H2,1-5H3,(H,20,24)(H,21,23). The summed E-state index contributed by atoms with van der Waals surface area (Å²) >= 11 is 0. The number of fused-ring (bicyclic) bond motifs is 1. The summed E-state index contributed by atoms with van der Waals surface area (Å²) in [5, 5.41) is 5.67. The van der Waals surface area contributed by atoms with E-state index in [4.69, 9.17) is 0 Å². The average Bonchev–Trinajstić information content (AvgIpc) is 2.61. The third-order valence-corrected chi connectivity index (χ3v) is 4.21. The first-order chi connectivity index (χ1) is 11.7. The largest absolute Gasteiger partial charge is 0.352 e. The summed E-state index contributed by atoms with van der Waals surface area (Å²) in [5.41, 5.74) is 0.894. The molecule has 0 spiro atoms. The molecule has 2 N–H and O–H groups in total. The molecule has 0 saturated carbocycles. The Morgan fingerprint density at radius 3 is 2.44 bits per heavy atom. The Bertz CT molecular complexity index is 670. The summed E-state index contributed by atoms with van der Waals surface area (Å²) < 4.78 is 0. The van der Waals surface area contributed by atoms with Crippen molar-refractivity contribution in [1.29, 1.82) is 0 Å². The van der Waals surface area contributed by atoms with Crippen LogP contribution in [0, 0.1) is 5.92 Å². The van der Waals surface area contributed by atoms with Crippen LogP contribution in [0.15, 0.2) is 24.3 Å². The van der Waals surface area contributed by atoms with Crippen LogP contribution in [0.25, 0.3) is 0 Å². The lowest BCUT2D eigenvalue weighted by atomic mass is 9.98. The average molecular weight is 345 g/mol. The Kier molecular flexibility index (Phi) is 5.82. The van der Waals surface area contributed by atoms with Gasteiger partial charge in [0.1, 0.15) is 12.1 Å². The molecule has 0 radical (unpaired) electrons. The summed E-state index contributed by atoms with van der Waals surface area (Å²) in [6, 6.07) is 5.43. The topological polar surface area (TPSA) is 78.5 Å². The maximum atomic E-state index is 13.2. The summed E-state index contributed by atoms with van der Waals surface area (Å²) in [7, 11) is 0. The van der Waals surface area contributed by atoms with E-state index in [0.717, 1.165) is 0 Å². The fourth-order valence-corrected chi connectivity index (χ4v) is 3.04. The number of hydrogen-bond donors (Lipinski definition) is 2. The van der Waals surface area contributed by atoms with Gasteiger partial charge in [-0.05, 0) is 45.2 Å². The van der Waals surface area contributed by atoms with Gasteiger partial charge >= 0.3 is 0 Å². The molecule has 1 aromatic rings. The fraction of sp³-hybridized carbons (Fsp3) is 0.526. The van der Waals surface area contributed by atoms with E-state index < -0.39 is 12.1 Å². The lowest BCUT2D eigenvalue weighted by Gasteiger charge is -2.34. The Morgan fingerprint density at radius 2 is 1.84 bits per heavy atom. The number of hydrogen-bond acceptors (Lipinski definition) is 3. The third kappa shape index (κ3) is 4.18. The Hall–Kier alpha value is -2.37. The van der Waals surface area contributed by atoms with Crippen LogP contribution < -0.4 is 10.6 Å². The van der Waals surface area contributed by atoms with Crippen LogP contribution in [0.4, 0.5) is 5.69 Å². The van der Waals surface area contributed by atoms with E-state index in [2.05, 4.69) is 10.6 Å². The van der Waals surface area contributed by atoms with Crippen LogP contribution in [0.2, 0.25) is 0 Å². The van der Waals surface area contributed by atoms with E-state index in [-0.39, 0.29) is 29.7 Å². The smallest absolute Gasteiger partial charge is 0.257 e. The number of benzene rings is 1. The van der Waals surface area contributed by atoms with E-state index >= 15 is 0 Å². The van der Waals surface area contributed by atoms with Crippen LogP contribution in [0.5, 0.6) is 0 Å². The SMILES string of the molecule is CC(C)CC(C(=O)NC(C)C)N1C(=O)c2ccccc2NC(=O)C1C. The molecule has 2 unspecified atom stereocenters. The minimum Gasteiger partial charge on any atom is -0.352 e. The summed E-state index contributed by atoms with van der Waals surface area (Å²) in [6.07, 6.45) is 0.490. The van der Waals surface area contributed by atoms with Crippen molar-refractivity contribution in [2.75, 3.05) is 5.32 Å². The summed E-state index contributed by atoms with van der Waals surface area (Å²) in [6.45, 7) is 9.41. The molecule has 6 heteroatoms.